The van der Waals surface area contributed by atoms with E-state index in [1.165, 1.54) is 12.6 Å². The second-order valence-corrected chi connectivity index (χ2v) is 3.57. The van der Waals surface area contributed by atoms with Gasteiger partial charge in [-0.1, -0.05) is 5.16 Å². The summed E-state index contributed by atoms with van der Waals surface area (Å²) in [5, 5.41) is 12.0. The molecule has 0 saturated carbocycles. The van der Waals surface area contributed by atoms with Gasteiger partial charge < -0.3 is 9.84 Å². The maximum atomic E-state index is 4.76. The van der Waals surface area contributed by atoms with Crippen LogP contribution in [0, 0.1) is 0 Å². The van der Waals surface area contributed by atoms with Gasteiger partial charge in [-0.05, 0) is 0 Å². The molecule has 0 spiro atoms. The number of nitrogens with zero attached hydrogens (tertiary/aromatic N) is 5. The fourth-order valence-corrected chi connectivity index (χ4v) is 1.61. The van der Waals surface area contributed by atoms with Gasteiger partial charge in [-0.3, -0.25) is 4.68 Å². The van der Waals surface area contributed by atoms with Crippen LogP contribution in [0.1, 0.15) is 5.69 Å². The third-order valence-electron chi connectivity index (χ3n) is 2.46. The fraction of sp³-hybridized carbons (Fsp3) is 0.200. The van der Waals surface area contributed by atoms with Crippen molar-refractivity contribution in [1.82, 2.24) is 24.9 Å². The van der Waals surface area contributed by atoms with Crippen molar-refractivity contribution in [3.63, 3.8) is 0 Å². The quantitative estimate of drug-likeness (QED) is 0.721. The average molecular weight is 230 g/mol. The van der Waals surface area contributed by atoms with E-state index in [1.807, 2.05) is 7.05 Å². The summed E-state index contributed by atoms with van der Waals surface area (Å²) in [7, 11) is 1.84. The molecule has 0 aliphatic carbocycles. The van der Waals surface area contributed by atoms with Crippen LogP contribution in [0.15, 0.2) is 29.4 Å². The Morgan fingerprint density at radius 1 is 1.41 bits per heavy atom. The average Bonchev–Trinajstić information content (AvgIpc) is 2.97. The molecule has 7 heteroatoms. The van der Waals surface area contributed by atoms with E-state index in [4.69, 9.17) is 4.52 Å². The summed E-state index contributed by atoms with van der Waals surface area (Å²) in [6, 6.07) is 1.80. The normalized spacial score (nSPS) is 10.9. The highest BCUT2D eigenvalue weighted by molar-refractivity contribution is 5.85. The minimum absolute atomic E-state index is 0.553. The molecule has 0 aliphatic heterocycles. The highest BCUT2D eigenvalue weighted by Gasteiger charge is 2.07. The largest absolute Gasteiger partial charge is 0.364 e. The van der Waals surface area contributed by atoms with Crippen LogP contribution in [-0.2, 0) is 13.6 Å². The van der Waals surface area contributed by atoms with E-state index >= 15 is 0 Å². The van der Waals surface area contributed by atoms with Gasteiger partial charge in [0.25, 0.3) is 0 Å². The summed E-state index contributed by atoms with van der Waals surface area (Å²) < 4.78 is 6.46. The van der Waals surface area contributed by atoms with Gasteiger partial charge in [-0.2, -0.15) is 5.10 Å². The lowest BCUT2D eigenvalue weighted by atomic mass is 10.3. The van der Waals surface area contributed by atoms with Crippen molar-refractivity contribution < 1.29 is 4.52 Å². The molecule has 0 bridgehead atoms. The summed E-state index contributed by atoms with van der Waals surface area (Å²) in [5.74, 6) is 0.742. The number of hydrogen-bond acceptors (Lipinski definition) is 6. The Morgan fingerprint density at radius 3 is 3.18 bits per heavy atom. The second-order valence-electron chi connectivity index (χ2n) is 3.57. The van der Waals surface area contributed by atoms with Crippen LogP contribution in [0.3, 0.4) is 0 Å². The smallest absolute Gasteiger partial charge is 0.163 e. The molecule has 0 fully saturated rings. The van der Waals surface area contributed by atoms with E-state index in [1.54, 1.807) is 16.9 Å². The summed E-state index contributed by atoms with van der Waals surface area (Å²) in [6.07, 6.45) is 4.78. The third-order valence-corrected chi connectivity index (χ3v) is 2.46. The Labute approximate surface area is 96.5 Å². The molecular formula is C10H10N6O. The van der Waals surface area contributed by atoms with E-state index in [9.17, 15) is 0 Å². The summed E-state index contributed by atoms with van der Waals surface area (Å²) in [5.41, 5.74) is 1.61. The maximum Gasteiger partial charge on any atom is 0.163 e. The molecule has 3 heterocycles. The van der Waals surface area contributed by atoms with Crippen LogP contribution in [0.4, 0.5) is 5.82 Å². The number of aryl methyl sites for hydroxylation is 1. The van der Waals surface area contributed by atoms with Gasteiger partial charge in [-0.25, -0.2) is 9.97 Å². The molecule has 0 aliphatic rings. The first kappa shape index (κ1) is 9.76. The zero-order chi connectivity index (χ0) is 11.7. The highest BCUT2D eigenvalue weighted by atomic mass is 16.5. The Bertz CT molecular complexity index is 629. The maximum absolute atomic E-state index is 4.76. The van der Waals surface area contributed by atoms with Gasteiger partial charge in [0.15, 0.2) is 5.65 Å². The topological polar surface area (TPSA) is 81.7 Å². The van der Waals surface area contributed by atoms with Crippen LogP contribution in [0.2, 0.25) is 0 Å². The van der Waals surface area contributed by atoms with E-state index in [0.29, 0.717) is 6.54 Å². The van der Waals surface area contributed by atoms with Crippen molar-refractivity contribution in [2.24, 2.45) is 7.05 Å². The molecule has 1 N–H and O–H groups in total. The minimum Gasteiger partial charge on any atom is -0.364 e. The van der Waals surface area contributed by atoms with E-state index in [0.717, 1.165) is 22.5 Å². The Kier molecular flexibility index (Phi) is 2.21. The lowest BCUT2D eigenvalue weighted by molar-refractivity contribution is 0.412. The number of rotatable bonds is 3. The first-order valence-corrected chi connectivity index (χ1v) is 5.10. The molecule has 86 valence electrons. The van der Waals surface area contributed by atoms with Gasteiger partial charge in [0.05, 0.1) is 18.1 Å². The van der Waals surface area contributed by atoms with Gasteiger partial charge in [0.1, 0.15) is 24.1 Å². The number of nitrogens with one attached hydrogen (secondary N) is 1. The van der Waals surface area contributed by atoms with Gasteiger partial charge in [0.2, 0.25) is 0 Å². The van der Waals surface area contributed by atoms with Crippen LogP contribution >= 0.6 is 0 Å². The van der Waals surface area contributed by atoms with Crippen molar-refractivity contribution in [2.75, 3.05) is 5.32 Å². The molecule has 3 aromatic heterocycles. The number of aromatic nitrogens is 5. The monoisotopic (exact) mass is 230 g/mol. The van der Waals surface area contributed by atoms with Gasteiger partial charge in [-0.15, -0.1) is 0 Å². The first-order valence-electron chi connectivity index (χ1n) is 5.10. The second kappa shape index (κ2) is 3.85. The summed E-state index contributed by atoms with van der Waals surface area (Å²) in [6.45, 7) is 0.553. The Hall–Kier alpha value is -2.44. The first-order chi connectivity index (χ1) is 8.34. The minimum atomic E-state index is 0.553. The van der Waals surface area contributed by atoms with Gasteiger partial charge >= 0.3 is 0 Å². The molecule has 0 atom stereocenters. The fourth-order valence-electron chi connectivity index (χ4n) is 1.61. The third kappa shape index (κ3) is 1.71. The zero-order valence-electron chi connectivity index (χ0n) is 9.16. The van der Waals surface area contributed by atoms with Crippen LogP contribution in [0.5, 0.6) is 0 Å². The van der Waals surface area contributed by atoms with Crippen molar-refractivity contribution >= 4 is 16.9 Å². The van der Waals surface area contributed by atoms with Crippen LogP contribution < -0.4 is 5.32 Å². The van der Waals surface area contributed by atoms with E-state index in [2.05, 4.69) is 25.5 Å². The molecule has 0 amide bonds. The highest BCUT2D eigenvalue weighted by Crippen LogP contribution is 2.18. The Balaban J connectivity index is 1.90. The molecule has 3 rings (SSSR count). The Morgan fingerprint density at radius 2 is 2.35 bits per heavy atom. The molecule has 7 nitrogen and oxygen atoms in total. The van der Waals surface area contributed by atoms with Crippen LogP contribution in [-0.4, -0.2) is 24.9 Å². The van der Waals surface area contributed by atoms with Crippen molar-refractivity contribution in [3.8, 4) is 0 Å². The lowest BCUT2D eigenvalue weighted by Gasteiger charge is -2.03. The SMILES string of the molecule is Cn1ncc2c(NCc3ccon3)ncnc21. The molecule has 0 saturated heterocycles. The van der Waals surface area contributed by atoms with Crippen molar-refractivity contribution in [1.29, 1.82) is 0 Å². The summed E-state index contributed by atoms with van der Waals surface area (Å²) in [4.78, 5) is 8.35. The zero-order valence-corrected chi connectivity index (χ0v) is 9.16. The van der Waals surface area contributed by atoms with Crippen molar-refractivity contribution in [2.45, 2.75) is 6.54 Å². The van der Waals surface area contributed by atoms with Crippen LogP contribution in [0.25, 0.3) is 11.0 Å². The predicted molar refractivity (Wildman–Crippen MR) is 60.1 cm³/mol. The molecular weight excluding hydrogens is 220 g/mol. The molecule has 0 unspecified atom stereocenters. The predicted octanol–water partition coefficient (Wildman–Crippen LogP) is 0.963. The van der Waals surface area contributed by atoms with Crippen molar-refractivity contribution in [3.05, 3.63) is 30.5 Å². The lowest BCUT2D eigenvalue weighted by Crippen LogP contribution is -2.02. The molecule has 0 radical (unpaired) electrons. The number of hydrogen-bond donors (Lipinski definition) is 1. The molecule has 3 aromatic rings. The standard InChI is InChI=1S/C10H10N6O/c1-16-10-8(5-14-16)9(12-6-13-10)11-4-7-2-3-17-15-7/h2-3,5-6H,4H2,1H3,(H,11,12,13). The number of fused-ring (bicyclic) bond motifs is 1. The van der Waals surface area contributed by atoms with E-state index < -0.39 is 0 Å². The summed E-state index contributed by atoms with van der Waals surface area (Å²) >= 11 is 0. The molecule has 0 aromatic carbocycles. The van der Waals surface area contributed by atoms with E-state index in [-0.39, 0.29) is 0 Å². The number of anilines is 1. The van der Waals surface area contributed by atoms with Gasteiger partial charge in [0, 0.05) is 13.1 Å². The molecule has 17 heavy (non-hydrogen) atoms.